The maximum absolute atomic E-state index is 13.2. The summed E-state index contributed by atoms with van der Waals surface area (Å²) < 4.78 is 0. The number of nitrogens with one attached hydrogen (secondary N) is 3. The summed E-state index contributed by atoms with van der Waals surface area (Å²) in [6.45, 7) is 3.93. The second kappa shape index (κ2) is 13.6. The zero-order chi connectivity index (χ0) is 28.5. The summed E-state index contributed by atoms with van der Waals surface area (Å²) in [5.74, 6) is -0.741. The highest BCUT2D eigenvalue weighted by atomic mass is 35.5. The predicted octanol–water partition coefficient (Wildman–Crippen LogP) is 7.10. The zero-order valence-electron chi connectivity index (χ0n) is 22.0. The summed E-state index contributed by atoms with van der Waals surface area (Å²) in [6, 6.07) is 28.7. The van der Waals surface area contributed by atoms with Crippen LogP contribution in [-0.4, -0.2) is 23.5 Å². The molecule has 0 fully saturated rings. The molecule has 0 unspecified atom stereocenters. The highest BCUT2D eigenvalue weighted by Gasteiger charge is 2.15. The summed E-state index contributed by atoms with van der Waals surface area (Å²) >= 11 is 7.51. The van der Waals surface area contributed by atoms with Gasteiger partial charge in [-0.2, -0.15) is 0 Å². The van der Waals surface area contributed by atoms with Crippen molar-refractivity contribution in [2.45, 2.75) is 18.7 Å². The molecule has 0 aliphatic rings. The van der Waals surface area contributed by atoms with Gasteiger partial charge in [0.15, 0.2) is 0 Å². The molecule has 202 valence electrons. The Morgan fingerprint density at radius 3 is 2.15 bits per heavy atom. The van der Waals surface area contributed by atoms with Crippen molar-refractivity contribution in [3.05, 3.63) is 130 Å². The number of para-hydroxylation sites is 1. The van der Waals surface area contributed by atoms with Crippen molar-refractivity contribution in [1.29, 1.82) is 0 Å². The van der Waals surface area contributed by atoms with Gasteiger partial charge in [0.05, 0.1) is 5.75 Å². The largest absolute Gasteiger partial charge is 0.325 e. The number of hydrogen-bond donors (Lipinski definition) is 3. The minimum absolute atomic E-state index is 0.0674. The van der Waals surface area contributed by atoms with Crippen LogP contribution in [0.25, 0.3) is 6.08 Å². The lowest BCUT2D eigenvalue weighted by atomic mass is 10.1. The molecule has 0 radical (unpaired) electrons. The van der Waals surface area contributed by atoms with Crippen molar-refractivity contribution in [1.82, 2.24) is 5.32 Å². The molecule has 4 aromatic rings. The van der Waals surface area contributed by atoms with E-state index in [4.69, 9.17) is 11.6 Å². The van der Waals surface area contributed by atoms with Crippen molar-refractivity contribution >= 4 is 58.5 Å². The van der Waals surface area contributed by atoms with Crippen molar-refractivity contribution < 1.29 is 14.4 Å². The van der Waals surface area contributed by atoms with Crippen molar-refractivity contribution in [2.75, 3.05) is 16.4 Å². The van der Waals surface area contributed by atoms with E-state index in [2.05, 4.69) is 16.0 Å². The summed E-state index contributed by atoms with van der Waals surface area (Å²) in [5, 5.41) is 9.04. The van der Waals surface area contributed by atoms with Gasteiger partial charge in [-0.3, -0.25) is 14.4 Å². The van der Waals surface area contributed by atoms with E-state index in [9.17, 15) is 14.4 Å². The van der Waals surface area contributed by atoms with Crippen LogP contribution in [0.15, 0.2) is 108 Å². The third-order valence-corrected chi connectivity index (χ3v) is 7.16. The van der Waals surface area contributed by atoms with Crippen molar-refractivity contribution in [2.24, 2.45) is 0 Å². The Morgan fingerprint density at radius 1 is 0.800 bits per heavy atom. The smallest absolute Gasteiger partial charge is 0.272 e. The molecular formula is C32H28ClN3O3S. The van der Waals surface area contributed by atoms with Gasteiger partial charge in [0, 0.05) is 26.9 Å². The number of anilines is 2. The first-order chi connectivity index (χ1) is 19.3. The average molecular weight is 570 g/mol. The van der Waals surface area contributed by atoms with Crippen LogP contribution in [0.1, 0.15) is 27.0 Å². The number of amides is 3. The number of aryl methyl sites for hydroxylation is 2. The quantitative estimate of drug-likeness (QED) is 0.148. The van der Waals surface area contributed by atoms with Gasteiger partial charge in [-0.25, -0.2) is 0 Å². The number of carbonyl (C=O) groups excluding carboxylic acids is 3. The standard InChI is InChI=1S/C32H28ClN3O3S/c1-21-8-6-9-22(2)30(21)36-29(37)20-40-27-16-14-26(15-17-27)34-32(39)28(19-23-10-7-13-25(33)18-23)35-31(38)24-11-4-3-5-12-24/h3-19H,20H2,1-2H3,(H,34,39)(H,35,38)(H,36,37)/b28-19-. The lowest BCUT2D eigenvalue weighted by Crippen LogP contribution is -2.30. The van der Waals surface area contributed by atoms with E-state index in [0.29, 0.717) is 21.8 Å². The van der Waals surface area contributed by atoms with Crippen LogP contribution >= 0.6 is 23.4 Å². The lowest BCUT2D eigenvalue weighted by molar-refractivity contribution is -0.114. The number of rotatable bonds is 9. The minimum Gasteiger partial charge on any atom is -0.325 e. The normalized spacial score (nSPS) is 11.0. The average Bonchev–Trinajstić information content (AvgIpc) is 2.95. The van der Waals surface area contributed by atoms with Crippen LogP contribution in [0, 0.1) is 13.8 Å². The highest BCUT2D eigenvalue weighted by Crippen LogP contribution is 2.23. The number of benzene rings is 4. The molecule has 8 heteroatoms. The van der Waals surface area contributed by atoms with Crippen molar-refractivity contribution in [3.8, 4) is 0 Å². The van der Waals surface area contributed by atoms with Gasteiger partial charge in [0.25, 0.3) is 11.8 Å². The summed E-state index contributed by atoms with van der Waals surface area (Å²) in [7, 11) is 0. The Kier molecular flexibility index (Phi) is 9.78. The molecule has 0 heterocycles. The number of carbonyl (C=O) groups is 3. The third-order valence-electron chi connectivity index (χ3n) is 5.92. The van der Waals surface area contributed by atoms with E-state index >= 15 is 0 Å². The van der Waals surface area contributed by atoms with Crippen LogP contribution in [0.2, 0.25) is 5.02 Å². The monoisotopic (exact) mass is 569 g/mol. The van der Waals surface area contributed by atoms with Gasteiger partial charge in [0.1, 0.15) is 5.70 Å². The molecule has 0 aromatic heterocycles. The summed E-state index contributed by atoms with van der Waals surface area (Å²) in [5.41, 5.74) is 4.57. The summed E-state index contributed by atoms with van der Waals surface area (Å²) in [6.07, 6.45) is 1.57. The maximum atomic E-state index is 13.2. The van der Waals surface area contributed by atoms with E-state index in [1.165, 1.54) is 11.8 Å². The lowest BCUT2D eigenvalue weighted by Gasteiger charge is -2.12. The van der Waals surface area contributed by atoms with Gasteiger partial charge >= 0.3 is 0 Å². The molecule has 0 aliphatic heterocycles. The fourth-order valence-corrected chi connectivity index (χ4v) is 4.77. The number of thioether (sulfide) groups is 1. The van der Waals surface area contributed by atoms with Crippen LogP contribution in [0.3, 0.4) is 0 Å². The number of hydrogen-bond acceptors (Lipinski definition) is 4. The topological polar surface area (TPSA) is 87.3 Å². The fraction of sp³-hybridized carbons (Fsp3) is 0.0938. The molecular weight excluding hydrogens is 542 g/mol. The highest BCUT2D eigenvalue weighted by molar-refractivity contribution is 8.00. The molecule has 0 aliphatic carbocycles. The third kappa shape index (κ3) is 8.09. The van der Waals surface area contributed by atoms with Crippen molar-refractivity contribution in [3.63, 3.8) is 0 Å². The van der Waals surface area contributed by atoms with Gasteiger partial charge in [-0.1, -0.05) is 60.1 Å². The van der Waals surface area contributed by atoms with Gasteiger partial charge < -0.3 is 16.0 Å². The molecule has 40 heavy (non-hydrogen) atoms. The molecule has 0 bridgehead atoms. The van der Waals surface area contributed by atoms with E-state index in [-0.39, 0.29) is 17.4 Å². The van der Waals surface area contributed by atoms with E-state index < -0.39 is 11.8 Å². The predicted molar refractivity (Wildman–Crippen MR) is 164 cm³/mol. The Bertz CT molecular complexity index is 1530. The van der Waals surface area contributed by atoms with Gasteiger partial charge in [-0.15, -0.1) is 11.8 Å². The van der Waals surface area contributed by atoms with Crippen LogP contribution in [0.4, 0.5) is 11.4 Å². The first-order valence-electron chi connectivity index (χ1n) is 12.5. The minimum atomic E-state index is -0.488. The molecule has 6 nitrogen and oxygen atoms in total. The Morgan fingerprint density at radius 2 is 1.48 bits per heavy atom. The van der Waals surface area contributed by atoms with Crippen LogP contribution in [-0.2, 0) is 9.59 Å². The van der Waals surface area contributed by atoms with Crippen LogP contribution < -0.4 is 16.0 Å². The summed E-state index contributed by atoms with van der Waals surface area (Å²) in [4.78, 5) is 39.4. The second-order valence-electron chi connectivity index (χ2n) is 9.02. The zero-order valence-corrected chi connectivity index (χ0v) is 23.6. The first-order valence-corrected chi connectivity index (χ1v) is 13.9. The molecule has 3 amide bonds. The number of halogens is 1. The van der Waals surface area contributed by atoms with E-state index in [0.717, 1.165) is 21.7 Å². The molecule has 3 N–H and O–H groups in total. The van der Waals surface area contributed by atoms with Crippen LogP contribution in [0.5, 0.6) is 0 Å². The second-order valence-corrected chi connectivity index (χ2v) is 10.5. The molecule has 0 saturated carbocycles. The molecule has 0 spiro atoms. The molecule has 0 atom stereocenters. The van der Waals surface area contributed by atoms with Gasteiger partial charge in [0.2, 0.25) is 5.91 Å². The fourth-order valence-electron chi connectivity index (χ4n) is 3.87. The van der Waals surface area contributed by atoms with E-state index in [1.807, 2.05) is 50.2 Å². The van der Waals surface area contributed by atoms with E-state index in [1.54, 1.807) is 66.7 Å². The maximum Gasteiger partial charge on any atom is 0.272 e. The Hall–Kier alpha value is -4.33. The Balaban J connectivity index is 1.41. The molecule has 0 saturated heterocycles. The Labute approximate surface area is 242 Å². The molecule has 4 aromatic carbocycles. The SMILES string of the molecule is Cc1cccc(C)c1NC(=O)CSc1ccc(NC(=O)/C(=C/c2cccc(Cl)c2)NC(=O)c2ccccc2)cc1. The first kappa shape index (κ1) is 28.7. The molecule has 4 rings (SSSR count). The van der Waals surface area contributed by atoms with Gasteiger partial charge in [-0.05, 0) is 85.1 Å².